The van der Waals surface area contributed by atoms with Crippen LogP contribution in [0.2, 0.25) is 0 Å². The highest BCUT2D eigenvalue weighted by molar-refractivity contribution is 5.93. The van der Waals surface area contributed by atoms with Crippen LogP contribution in [0.5, 0.6) is 5.75 Å². The zero-order valence-electron chi connectivity index (χ0n) is 13.3. The van der Waals surface area contributed by atoms with E-state index >= 15 is 0 Å². The van der Waals surface area contributed by atoms with Crippen molar-refractivity contribution in [3.63, 3.8) is 0 Å². The van der Waals surface area contributed by atoms with E-state index in [0.29, 0.717) is 17.2 Å². The van der Waals surface area contributed by atoms with Crippen molar-refractivity contribution in [1.82, 2.24) is 10.2 Å². The highest BCUT2D eigenvalue weighted by Gasteiger charge is 2.11. The molecule has 5 nitrogen and oxygen atoms in total. The van der Waals surface area contributed by atoms with Gasteiger partial charge in [-0.15, -0.1) is 0 Å². The second-order valence-corrected chi connectivity index (χ2v) is 5.61. The fourth-order valence-corrected chi connectivity index (χ4v) is 1.56. The van der Waals surface area contributed by atoms with Gasteiger partial charge in [0.15, 0.2) is 6.61 Å². The lowest BCUT2D eigenvalue weighted by Crippen LogP contribution is -2.38. The zero-order valence-corrected chi connectivity index (χ0v) is 13.3. The van der Waals surface area contributed by atoms with Crippen LogP contribution in [-0.4, -0.2) is 43.5 Å². The van der Waals surface area contributed by atoms with Gasteiger partial charge in [-0.25, -0.2) is 0 Å². The van der Waals surface area contributed by atoms with Crippen molar-refractivity contribution in [3.05, 3.63) is 29.8 Å². The van der Waals surface area contributed by atoms with Crippen molar-refractivity contribution in [3.8, 4) is 5.75 Å². The van der Waals surface area contributed by atoms with Gasteiger partial charge >= 0.3 is 0 Å². The Morgan fingerprint density at radius 1 is 1.14 bits per heavy atom. The molecule has 0 heterocycles. The molecule has 5 heteroatoms. The standard InChI is InChI=1S/C16H24N2O3/c1-11(2)12(3)17-15(19)10-21-14-8-6-13(7-9-14)16(20)18(4)5/h6-9,11-12H,10H2,1-5H3,(H,17,19). The van der Waals surface area contributed by atoms with Gasteiger partial charge in [0.1, 0.15) is 5.75 Å². The maximum atomic E-state index is 11.7. The van der Waals surface area contributed by atoms with E-state index in [0.717, 1.165) is 0 Å². The number of rotatable bonds is 6. The molecule has 0 radical (unpaired) electrons. The molecule has 1 rings (SSSR count). The summed E-state index contributed by atoms with van der Waals surface area (Å²) in [6, 6.07) is 6.87. The summed E-state index contributed by atoms with van der Waals surface area (Å²) >= 11 is 0. The van der Waals surface area contributed by atoms with Crippen molar-refractivity contribution in [2.45, 2.75) is 26.8 Å². The van der Waals surface area contributed by atoms with Gasteiger partial charge in [-0.3, -0.25) is 9.59 Å². The number of amides is 2. The van der Waals surface area contributed by atoms with E-state index in [1.807, 2.05) is 20.8 Å². The van der Waals surface area contributed by atoms with Gasteiger partial charge in [0, 0.05) is 25.7 Å². The first-order valence-electron chi connectivity index (χ1n) is 7.05. The van der Waals surface area contributed by atoms with E-state index in [4.69, 9.17) is 4.74 Å². The highest BCUT2D eigenvalue weighted by atomic mass is 16.5. The quantitative estimate of drug-likeness (QED) is 0.871. The topological polar surface area (TPSA) is 58.6 Å². The van der Waals surface area contributed by atoms with E-state index in [2.05, 4.69) is 5.32 Å². The van der Waals surface area contributed by atoms with Gasteiger partial charge in [0.25, 0.3) is 11.8 Å². The first-order chi connectivity index (χ1) is 9.81. The van der Waals surface area contributed by atoms with Crippen LogP contribution >= 0.6 is 0 Å². The van der Waals surface area contributed by atoms with Crippen LogP contribution in [0.4, 0.5) is 0 Å². The summed E-state index contributed by atoms with van der Waals surface area (Å²) in [6.07, 6.45) is 0. The fraction of sp³-hybridized carbons (Fsp3) is 0.500. The molecule has 2 amide bonds. The first kappa shape index (κ1) is 17.0. The number of benzene rings is 1. The van der Waals surface area contributed by atoms with Crippen LogP contribution in [0.25, 0.3) is 0 Å². The predicted octanol–water partition coefficient (Wildman–Crippen LogP) is 1.93. The van der Waals surface area contributed by atoms with Crippen LogP contribution in [0.1, 0.15) is 31.1 Å². The molecule has 0 aromatic heterocycles. The van der Waals surface area contributed by atoms with Crippen LogP contribution < -0.4 is 10.1 Å². The van der Waals surface area contributed by atoms with Crippen LogP contribution in [0.15, 0.2) is 24.3 Å². The average molecular weight is 292 g/mol. The van der Waals surface area contributed by atoms with E-state index in [-0.39, 0.29) is 24.5 Å². The van der Waals surface area contributed by atoms with Crippen molar-refractivity contribution in [2.24, 2.45) is 5.92 Å². The molecule has 1 aromatic rings. The molecule has 0 fully saturated rings. The SMILES string of the molecule is CC(C)C(C)NC(=O)COc1ccc(C(=O)N(C)C)cc1. The average Bonchev–Trinajstić information content (AvgIpc) is 2.44. The van der Waals surface area contributed by atoms with Gasteiger partial charge in [-0.05, 0) is 37.1 Å². The monoisotopic (exact) mass is 292 g/mol. The van der Waals surface area contributed by atoms with Gasteiger partial charge in [-0.1, -0.05) is 13.8 Å². The minimum atomic E-state index is -0.148. The van der Waals surface area contributed by atoms with Gasteiger partial charge in [-0.2, -0.15) is 0 Å². The van der Waals surface area contributed by atoms with Crippen LogP contribution in [0, 0.1) is 5.92 Å². The molecule has 1 aromatic carbocycles. The third-order valence-electron chi connectivity index (χ3n) is 3.27. The van der Waals surface area contributed by atoms with E-state index < -0.39 is 0 Å². The van der Waals surface area contributed by atoms with Crippen molar-refractivity contribution >= 4 is 11.8 Å². The smallest absolute Gasteiger partial charge is 0.258 e. The Bertz CT molecular complexity index is 481. The molecule has 0 aliphatic heterocycles. The molecule has 0 aliphatic carbocycles. The van der Waals surface area contributed by atoms with E-state index in [1.54, 1.807) is 38.4 Å². The molecule has 0 spiro atoms. The van der Waals surface area contributed by atoms with Gasteiger partial charge in [0.05, 0.1) is 0 Å². The lowest BCUT2D eigenvalue weighted by Gasteiger charge is -2.17. The molecule has 1 unspecified atom stereocenters. The minimum Gasteiger partial charge on any atom is -0.484 e. The molecule has 116 valence electrons. The Morgan fingerprint density at radius 2 is 1.71 bits per heavy atom. The second kappa shape index (κ2) is 7.67. The molecule has 1 atom stereocenters. The number of nitrogens with one attached hydrogen (secondary N) is 1. The van der Waals surface area contributed by atoms with Crippen molar-refractivity contribution < 1.29 is 14.3 Å². The number of ether oxygens (including phenoxy) is 1. The fourth-order valence-electron chi connectivity index (χ4n) is 1.56. The Kier molecular flexibility index (Phi) is 6.21. The predicted molar refractivity (Wildman–Crippen MR) is 82.4 cm³/mol. The maximum Gasteiger partial charge on any atom is 0.258 e. The molecule has 0 saturated heterocycles. The summed E-state index contributed by atoms with van der Waals surface area (Å²) in [4.78, 5) is 24.9. The molecular weight excluding hydrogens is 268 g/mol. The number of nitrogens with zero attached hydrogens (tertiary/aromatic N) is 1. The third kappa shape index (κ3) is 5.45. The third-order valence-corrected chi connectivity index (χ3v) is 3.27. The number of hydrogen-bond donors (Lipinski definition) is 1. The first-order valence-corrected chi connectivity index (χ1v) is 7.05. The van der Waals surface area contributed by atoms with Gasteiger partial charge < -0.3 is 15.0 Å². The molecule has 0 bridgehead atoms. The van der Waals surface area contributed by atoms with Crippen molar-refractivity contribution in [2.75, 3.05) is 20.7 Å². The Morgan fingerprint density at radius 3 is 2.19 bits per heavy atom. The van der Waals surface area contributed by atoms with Crippen LogP contribution in [0.3, 0.4) is 0 Å². The zero-order chi connectivity index (χ0) is 16.0. The minimum absolute atomic E-state index is 0.0297. The van der Waals surface area contributed by atoms with Crippen LogP contribution in [-0.2, 0) is 4.79 Å². The summed E-state index contributed by atoms with van der Waals surface area (Å²) in [5.41, 5.74) is 0.588. The summed E-state index contributed by atoms with van der Waals surface area (Å²) in [7, 11) is 3.40. The molecule has 21 heavy (non-hydrogen) atoms. The Labute approximate surface area is 126 Å². The number of carbonyl (C=O) groups excluding carboxylic acids is 2. The number of carbonyl (C=O) groups is 2. The molecule has 0 aliphatic rings. The summed E-state index contributed by atoms with van der Waals surface area (Å²) in [5, 5.41) is 2.87. The molecule has 0 saturated carbocycles. The summed E-state index contributed by atoms with van der Waals surface area (Å²) in [5.74, 6) is 0.734. The largest absolute Gasteiger partial charge is 0.484 e. The molecule has 1 N–H and O–H groups in total. The normalized spacial score (nSPS) is 11.9. The van der Waals surface area contributed by atoms with E-state index in [9.17, 15) is 9.59 Å². The van der Waals surface area contributed by atoms with Gasteiger partial charge in [0.2, 0.25) is 0 Å². The molecular formula is C16H24N2O3. The Hall–Kier alpha value is -2.04. The maximum absolute atomic E-state index is 11.7. The summed E-state index contributed by atoms with van der Waals surface area (Å²) < 4.78 is 5.41. The lowest BCUT2D eigenvalue weighted by molar-refractivity contribution is -0.124. The Balaban J connectivity index is 2.50. The van der Waals surface area contributed by atoms with Crippen molar-refractivity contribution in [1.29, 1.82) is 0 Å². The number of hydrogen-bond acceptors (Lipinski definition) is 3. The highest BCUT2D eigenvalue weighted by Crippen LogP contribution is 2.13. The lowest BCUT2D eigenvalue weighted by atomic mass is 10.1. The van der Waals surface area contributed by atoms with E-state index in [1.165, 1.54) is 4.90 Å². The summed E-state index contributed by atoms with van der Waals surface area (Å²) in [6.45, 7) is 6.03. The second-order valence-electron chi connectivity index (χ2n) is 5.61.